The number of ether oxygens (including phenoxy) is 2. The molecular weight excluding hydrogens is 320 g/mol. The minimum absolute atomic E-state index is 0.0901. The number of carbonyl (C=O) groups excluding carboxylic acids is 1. The van der Waals surface area contributed by atoms with E-state index in [0.717, 1.165) is 5.56 Å². The third kappa shape index (κ3) is 6.04. The summed E-state index contributed by atoms with van der Waals surface area (Å²) in [6.07, 6.45) is -0.242. The standard InChI is InChI=1S/C19H32O4Si/c1-15(23-24(6,7)19(2,3)4)17(18(20)21-5)14-22-13-16-11-9-8-10-12-16/h8-12,15,17H,13-14H2,1-7H3/t15-,17-/m1/s1. The maximum Gasteiger partial charge on any atom is 0.313 e. The van der Waals surface area contributed by atoms with Gasteiger partial charge in [-0.05, 0) is 30.6 Å². The number of esters is 1. The van der Waals surface area contributed by atoms with Crippen LogP contribution in [0.15, 0.2) is 30.3 Å². The lowest BCUT2D eigenvalue weighted by atomic mass is 10.1. The lowest BCUT2D eigenvalue weighted by molar-refractivity contribution is -0.151. The van der Waals surface area contributed by atoms with Crippen LogP contribution >= 0.6 is 0 Å². The molecule has 0 unspecified atom stereocenters. The van der Waals surface area contributed by atoms with E-state index in [2.05, 4.69) is 33.9 Å². The van der Waals surface area contributed by atoms with E-state index in [9.17, 15) is 4.79 Å². The summed E-state index contributed by atoms with van der Waals surface area (Å²) in [6.45, 7) is 13.6. The average molecular weight is 353 g/mol. The van der Waals surface area contributed by atoms with Crippen molar-refractivity contribution in [1.29, 1.82) is 0 Å². The second-order valence-corrected chi connectivity index (χ2v) is 12.5. The normalized spacial score (nSPS) is 15.0. The van der Waals surface area contributed by atoms with E-state index in [-0.39, 0.29) is 23.7 Å². The molecule has 0 saturated carbocycles. The maximum absolute atomic E-state index is 12.2. The number of benzene rings is 1. The molecule has 24 heavy (non-hydrogen) atoms. The number of methoxy groups -OCH3 is 1. The van der Waals surface area contributed by atoms with Crippen LogP contribution < -0.4 is 0 Å². The van der Waals surface area contributed by atoms with Gasteiger partial charge in [0.25, 0.3) is 0 Å². The third-order valence-electron chi connectivity index (χ3n) is 4.77. The van der Waals surface area contributed by atoms with Crippen LogP contribution in [0, 0.1) is 5.92 Å². The van der Waals surface area contributed by atoms with Crippen LogP contribution in [-0.2, 0) is 25.3 Å². The largest absolute Gasteiger partial charge is 0.469 e. The molecule has 0 spiro atoms. The summed E-state index contributed by atoms with van der Waals surface area (Å²) >= 11 is 0. The Morgan fingerprint density at radius 1 is 1.17 bits per heavy atom. The SMILES string of the molecule is COC(=O)[C@H](COCc1ccccc1)[C@@H](C)O[Si](C)(C)C(C)(C)C. The molecule has 0 radical (unpaired) electrons. The van der Waals surface area contributed by atoms with Crippen molar-refractivity contribution < 1.29 is 18.7 Å². The van der Waals surface area contributed by atoms with Crippen molar-refractivity contribution in [3.63, 3.8) is 0 Å². The molecule has 0 aromatic heterocycles. The predicted molar refractivity (Wildman–Crippen MR) is 99.3 cm³/mol. The highest BCUT2D eigenvalue weighted by Gasteiger charge is 2.41. The van der Waals surface area contributed by atoms with Crippen molar-refractivity contribution in [2.75, 3.05) is 13.7 Å². The molecule has 0 aliphatic rings. The summed E-state index contributed by atoms with van der Waals surface area (Å²) < 4.78 is 17.1. The van der Waals surface area contributed by atoms with Crippen LogP contribution in [0.4, 0.5) is 0 Å². The lowest BCUT2D eigenvalue weighted by Crippen LogP contribution is -2.47. The monoisotopic (exact) mass is 352 g/mol. The summed E-state index contributed by atoms with van der Waals surface area (Å²) in [7, 11) is -0.548. The van der Waals surface area contributed by atoms with E-state index in [4.69, 9.17) is 13.9 Å². The Morgan fingerprint density at radius 3 is 2.25 bits per heavy atom. The number of hydrogen-bond donors (Lipinski definition) is 0. The molecular formula is C19H32O4Si. The highest BCUT2D eigenvalue weighted by atomic mass is 28.4. The molecule has 0 fully saturated rings. The van der Waals surface area contributed by atoms with Gasteiger partial charge in [-0.1, -0.05) is 51.1 Å². The van der Waals surface area contributed by atoms with Crippen molar-refractivity contribution in [1.82, 2.24) is 0 Å². The first-order valence-corrected chi connectivity index (χ1v) is 11.4. The highest BCUT2D eigenvalue weighted by molar-refractivity contribution is 6.74. The minimum Gasteiger partial charge on any atom is -0.469 e. The van der Waals surface area contributed by atoms with Gasteiger partial charge in [-0.15, -0.1) is 0 Å². The van der Waals surface area contributed by atoms with E-state index in [0.29, 0.717) is 6.61 Å². The molecule has 5 heteroatoms. The van der Waals surface area contributed by atoms with Crippen LogP contribution in [0.2, 0.25) is 18.1 Å². The first-order chi connectivity index (χ1) is 11.1. The Morgan fingerprint density at radius 2 is 1.75 bits per heavy atom. The molecule has 0 aliphatic heterocycles. The molecule has 1 aromatic carbocycles. The van der Waals surface area contributed by atoms with Crippen molar-refractivity contribution in [3.05, 3.63) is 35.9 Å². The highest BCUT2D eigenvalue weighted by Crippen LogP contribution is 2.38. The maximum atomic E-state index is 12.2. The molecule has 136 valence electrons. The zero-order chi connectivity index (χ0) is 18.4. The summed E-state index contributed by atoms with van der Waals surface area (Å²) in [5, 5.41) is 0.0901. The number of hydrogen-bond acceptors (Lipinski definition) is 4. The molecule has 1 aromatic rings. The quantitative estimate of drug-likeness (QED) is 0.514. The molecule has 0 amide bonds. The lowest BCUT2D eigenvalue weighted by Gasteiger charge is -2.39. The Kier molecular flexibility index (Phi) is 7.64. The van der Waals surface area contributed by atoms with Gasteiger partial charge in [-0.2, -0.15) is 0 Å². The summed E-state index contributed by atoms with van der Waals surface area (Å²) in [4.78, 5) is 12.2. The Labute approximate surface area is 147 Å². The molecule has 0 N–H and O–H groups in total. The van der Waals surface area contributed by atoms with E-state index in [1.807, 2.05) is 37.3 Å². The fourth-order valence-electron chi connectivity index (χ4n) is 2.15. The van der Waals surface area contributed by atoms with Crippen molar-refractivity contribution in [3.8, 4) is 0 Å². The Balaban J connectivity index is 2.69. The van der Waals surface area contributed by atoms with Crippen molar-refractivity contribution in [2.45, 2.75) is 58.5 Å². The summed E-state index contributed by atoms with van der Waals surface area (Å²) in [5.41, 5.74) is 1.08. The summed E-state index contributed by atoms with van der Waals surface area (Å²) in [6, 6.07) is 9.92. The van der Waals surface area contributed by atoms with Gasteiger partial charge in [0.2, 0.25) is 0 Å². The van der Waals surface area contributed by atoms with Gasteiger partial charge in [0.1, 0.15) is 5.92 Å². The van der Waals surface area contributed by atoms with Gasteiger partial charge in [0, 0.05) is 0 Å². The van der Waals surface area contributed by atoms with E-state index in [1.165, 1.54) is 7.11 Å². The Bertz CT molecular complexity index is 508. The van der Waals surface area contributed by atoms with Crippen LogP contribution in [0.1, 0.15) is 33.3 Å². The third-order valence-corrected chi connectivity index (χ3v) is 9.34. The fraction of sp³-hybridized carbons (Fsp3) is 0.632. The van der Waals surface area contributed by atoms with Gasteiger partial charge >= 0.3 is 5.97 Å². The topological polar surface area (TPSA) is 44.8 Å². The van der Waals surface area contributed by atoms with E-state index in [1.54, 1.807) is 0 Å². The zero-order valence-electron chi connectivity index (χ0n) is 16.1. The van der Waals surface area contributed by atoms with Gasteiger partial charge in [-0.25, -0.2) is 0 Å². The van der Waals surface area contributed by atoms with Gasteiger partial charge in [0.15, 0.2) is 8.32 Å². The second kappa shape index (κ2) is 8.79. The molecule has 0 aliphatic carbocycles. The molecule has 0 bridgehead atoms. The van der Waals surface area contributed by atoms with Crippen molar-refractivity contribution >= 4 is 14.3 Å². The molecule has 1 rings (SSSR count). The van der Waals surface area contributed by atoms with Crippen LogP contribution in [-0.4, -0.2) is 34.1 Å². The fourth-order valence-corrected chi connectivity index (χ4v) is 3.60. The first kappa shape index (κ1) is 20.9. The number of carbonyl (C=O) groups is 1. The van der Waals surface area contributed by atoms with E-state index >= 15 is 0 Å². The smallest absolute Gasteiger partial charge is 0.313 e. The Hall–Kier alpha value is -1.17. The van der Waals surface area contributed by atoms with Gasteiger partial charge in [0.05, 0.1) is 26.4 Å². The molecule has 0 heterocycles. The summed E-state index contributed by atoms with van der Waals surface area (Å²) in [5.74, 6) is -0.706. The second-order valence-electron chi connectivity index (χ2n) is 7.71. The van der Waals surface area contributed by atoms with Gasteiger partial charge in [-0.3, -0.25) is 4.79 Å². The van der Waals surface area contributed by atoms with Crippen molar-refractivity contribution in [2.24, 2.45) is 5.92 Å². The molecule has 0 saturated heterocycles. The zero-order valence-corrected chi connectivity index (χ0v) is 17.1. The predicted octanol–water partition coefficient (Wildman–Crippen LogP) is 4.40. The number of rotatable bonds is 8. The molecule has 4 nitrogen and oxygen atoms in total. The first-order valence-electron chi connectivity index (χ1n) is 8.46. The van der Waals surface area contributed by atoms with Gasteiger partial charge < -0.3 is 13.9 Å². The average Bonchev–Trinajstić information content (AvgIpc) is 2.50. The van der Waals surface area contributed by atoms with Crippen LogP contribution in [0.5, 0.6) is 0 Å². The van der Waals surface area contributed by atoms with Crippen LogP contribution in [0.3, 0.4) is 0 Å². The van der Waals surface area contributed by atoms with Crippen LogP contribution in [0.25, 0.3) is 0 Å². The molecule has 2 atom stereocenters. The van der Waals surface area contributed by atoms with E-state index < -0.39 is 14.2 Å². The minimum atomic E-state index is -1.96.